The lowest BCUT2D eigenvalue weighted by molar-refractivity contribution is 0.0695. The summed E-state index contributed by atoms with van der Waals surface area (Å²) in [6, 6.07) is 7.22. The number of carbonyl (C=O) groups excluding carboxylic acids is 1. The summed E-state index contributed by atoms with van der Waals surface area (Å²) in [5.74, 6) is 2.32. The summed E-state index contributed by atoms with van der Waals surface area (Å²) in [6.45, 7) is 3.47. The van der Waals surface area contributed by atoms with Gasteiger partial charge in [-0.3, -0.25) is 4.79 Å². The molecule has 0 radical (unpaired) electrons. The second-order valence-corrected chi connectivity index (χ2v) is 6.12. The number of hydrogen-bond donors (Lipinski definition) is 0. The van der Waals surface area contributed by atoms with Gasteiger partial charge in [-0.1, -0.05) is 12.1 Å². The molecule has 0 bridgehead atoms. The number of piperidine rings is 1. The fourth-order valence-electron chi connectivity index (χ4n) is 3.04. The summed E-state index contributed by atoms with van der Waals surface area (Å²) in [4.78, 5) is 19.1. The predicted molar refractivity (Wildman–Crippen MR) is 89.2 cm³/mol. The highest BCUT2D eigenvalue weighted by atomic mass is 16.5. The Kier molecular flexibility index (Phi) is 5.13. The first-order valence-electron chi connectivity index (χ1n) is 8.47. The molecule has 6 nitrogen and oxygen atoms in total. The zero-order valence-electron chi connectivity index (χ0n) is 14.2. The zero-order valence-corrected chi connectivity index (χ0v) is 14.2. The maximum absolute atomic E-state index is 12.7. The van der Waals surface area contributed by atoms with Crippen molar-refractivity contribution in [2.24, 2.45) is 0 Å². The van der Waals surface area contributed by atoms with Crippen LogP contribution in [0.1, 0.15) is 54.2 Å². The molecule has 0 spiro atoms. The van der Waals surface area contributed by atoms with Crippen molar-refractivity contribution in [3.8, 4) is 5.75 Å². The normalized spacial score (nSPS) is 17.8. The molecule has 1 aromatic heterocycles. The second-order valence-electron chi connectivity index (χ2n) is 6.12. The van der Waals surface area contributed by atoms with Gasteiger partial charge in [0.2, 0.25) is 5.89 Å². The minimum Gasteiger partial charge on any atom is -0.497 e. The number of aryl methyl sites for hydroxylation is 1. The molecule has 0 aliphatic carbocycles. The lowest BCUT2D eigenvalue weighted by atomic mass is 9.97. The average Bonchev–Trinajstić information content (AvgIpc) is 3.10. The zero-order chi connectivity index (χ0) is 16.9. The van der Waals surface area contributed by atoms with E-state index in [4.69, 9.17) is 9.26 Å². The molecule has 1 amide bonds. The van der Waals surface area contributed by atoms with Crippen molar-refractivity contribution >= 4 is 5.91 Å². The van der Waals surface area contributed by atoms with Crippen LogP contribution in [0.5, 0.6) is 5.75 Å². The van der Waals surface area contributed by atoms with Gasteiger partial charge in [0.1, 0.15) is 5.75 Å². The van der Waals surface area contributed by atoms with Crippen LogP contribution in [0.4, 0.5) is 0 Å². The molecule has 6 heteroatoms. The number of nitrogens with zero attached hydrogens (tertiary/aromatic N) is 3. The molecular weight excluding hydrogens is 306 g/mol. The molecule has 3 rings (SSSR count). The van der Waals surface area contributed by atoms with Gasteiger partial charge in [-0.2, -0.15) is 4.98 Å². The van der Waals surface area contributed by atoms with E-state index >= 15 is 0 Å². The van der Waals surface area contributed by atoms with E-state index in [1.165, 1.54) is 0 Å². The fourth-order valence-corrected chi connectivity index (χ4v) is 3.04. The monoisotopic (exact) mass is 329 g/mol. The number of methoxy groups -OCH3 is 1. The summed E-state index contributed by atoms with van der Waals surface area (Å²) >= 11 is 0. The molecule has 0 N–H and O–H groups in total. The molecule has 2 heterocycles. The molecule has 24 heavy (non-hydrogen) atoms. The van der Waals surface area contributed by atoms with Crippen molar-refractivity contribution in [3.05, 3.63) is 41.5 Å². The first-order chi connectivity index (χ1) is 11.7. The maximum atomic E-state index is 12.7. The minimum absolute atomic E-state index is 0.0376. The summed E-state index contributed by atoms with van der Waals surface area (Å²) in [5.41, 5.74) is 0.675. The Morgan fingerprint density at radius 1 is 1.38 bits per heavy atom. The quantitative estimate of drug-likeness (QED) is 0.843. The number of rotatable bonds is 5. The second kappa shape index (κ2) is 7.47. The molecule has 1 aromatic carbocycles. The third-order valence-corrected chi connectivity index (χ3v) is 4.35. The van der Waals surface area contributed by atoms with E-state index in [0.29, 0.717) is 18.0 Å². The van der Waals surface area contributed by atoms with Gasteiger partial charge >= 0.3 is 0 Å². The maximum Gasteiger partial charge on any atom is 0.253 e. The highest BCUT2D eigenvalue weighted by Crippen LogP contribution is 2.27. The molecule has 1 aliphatic rings. The van der Waals surface area contributed by atoms with E-state index < -0.39 is 0 Å². The molecule has 1 saturated heterocycles. The van der Waals surface area contributed by atoms with Crippen LogP contribution in [0.2, 0.25) is 0 Å². The van der Waals surface area contributed by atoms with E-state index in [0.717, 1.165) is 43.8 Å². The first kappa shape index (κ1) is 16.5. The molecule has 1 fully saturated rings. The van der Waals surface area contributed by atoms with Crippen molar-refractivity contribution in [1.29, 1.82) is 0 Å². The summed E-state index contributed by atoms with van der Waals surface area (Å²) in [6.07, 6.45) is 3.73. The number of ether oxygens (including phenoxy) is 1. The molecule has 1 atom stereocenters. The smallest absolute Gasteiger partial charge is 0.253 e. The first-order valence-corrected chi connectivity index (χ1v) is 8.47. The molecular formula is C18H23N3O3. The van der Waals surface area contributed by atoms with Gasteiger partial charge in [0.25, 0.3) is 5.91 Å². The number of benzene rings is 1. The van der Waals surface area contributed by atoms with Gasteiger partial charge in [-0.05, 0) is 43.5 Å². The van der Waals surface area contributed by atoms with Gasteiger partial charge < -0.3 is 14.2 Å². The van der Waals surface area contributed by atoms with Crippen molar-refractivity contribution in [2.45, 2.75) is 38.5 Å². The Morgan fingerprint density at radius 2 is 2.17 bits per heavy atom. The van der Waals surface area contributed by atoms with Crippen LogP contribution in [-0.2, 0) is 6.42 Å². The van der Waals surface area contributed by atoms with Gasteiger partial charge in [-0.25, -0.2) is 0 Å². The van der Waals surface area contributed by atoms with Crippen LogP contribution in [0.15, 0.2) is 28.8 Å². The van der Waals surface area contributed by atoms with Crippen LogP contribution in [0.25, 0.3) is 0 Å². The van der Waals surface area contributed by atoms with Gasteiger partial charge in [0.15, 0.2) is 5.82 Å². The van der Waals surface area contributed by atoms with E-state index in [1.807, 2.05) is 17.0 Å². The summed E-state index contributed by atoms with van der Waals surface area (Å²) < 4.78 is 10.5. The third-order valence-electron chi connectivity index (χ3n) is 4.35. The Morgan fingerprint density at radius 3 is 2.88 bits per heavy atom. The van der Waals surface area contributed by atoms with Gasteiger partial charge in [0, 0.05) is 25.1 Å². The summed E-state index contributed by atoms with van der Waals surface area (Å²) in [7, 11) is 1.61. The topological polar surface area (TPSA) is 68.5 Å². The molecule has 128 valence electrons. The number of likely N-dealkylation sites (tertiary alicyclic amines) is 1. The SMILES string of the molecule is CCCc1noc(C2CCCN(C(=O)c3ccc(OC)cc3)C2)n1. The van der Waals surface area contributed by atoms with E-state index in [2.05, 4.69) is 17.1 Å². The predicted octanol–water partition coefficient (Wildman–Crippen LogP) is 3.05. The van der Waals surface area contributed by atoms with E-state index in [9.17, 15) is 4.79 Å². The van der Waals surface area contributed by atoms with Crippen LogP contribution < -0.4 is 4.74 Å². The highest BCUT2D eigenvalue weighted by molar-refractivity contribution is 5.94. The number of hydrogen-bond acceptors (Lipinski definition) is 5. The number of aromatic nitrogens is 2. The van der Waals surface area contributed by atoms with E-state index in [1.54, 1.807) is 19.2 Å². The Bertz CT molecular complexity index is 681. The van der Waals surface area contributed by atoms with Crippen molar-refractivity contribution in [3.63, 3.8) is 0 Å². The largest absolute Gasteiger partial charge is 0.497 e. The molecule has 0 saturated carbocycles. The lowest BCUT2D eigenvalue weighted by Gasteiger charge is -2.31. The molecule has 1 aliphatic heterocycles. The van der Waals surface area contributed by atoms with E-state index in [-0.39, 0.29) is 11.8 Å². The van der Waals surface area contributed by atoms with Crippen LogP contribution in [0, 0.1) is 0 Å². The van der Waals surface area contributed by atoms with Crippen molar-refractivity contribution in [2.75, 3.05) is 20.2 Å². The van der Waals surface area contributed by atoms with Crippen LogP contribution in [0.3, 0.4) is 0 Å². The van der Waals surface area contributed by atoms with Gasteiger partial charge in [0.05, 0.1) is 13.0 Å². The molecule has 2 aromatic rings. The standard InChI is InChI=1S/C18H23N3O3/c1-3-5-16-19-17(24-20-16)14-6-4-11-21(12-14)18(22)13-7-9-15(23-2)10-8-13/h7-10,14H,3-6,11-12H2,1-2H3. The van der Waals surface area contributed by atoms with Crippen LogP contribution >= 0.6 is 0 Å². The fraction of sp³-hybridized carbons (Fsp3) is 0.500. The number of carbonyl (C=O) groups is 1. The Labute approximate surface area is 141 Å². The van der Waals surface area contributed by atoms with Crippen molar-refractivity contribution < 1.29 is 14.1 Å². The number of amides is 1. The Hall–Kier alpha value is -2.37. The molecule has 1 unspecified atom stereocenters. The minimum atomic E-state index is 0.0376. The summed E-state index contributed by atoms with van der Waals surface area (Å²) in [5, 5.41) is 4.02. The lowest BCUT2D eigenvalue weighted by Crippen LogP contribution is -2.39. The van der Waals surface area contributed by atoms with Crippen molar-refractivity contribution in [1.82, 2.24) is 15.0 Å². The van der Waals surface area contributed by atoms with Gasteiger partial charge in [-0.15, -0.1) is 0 Å². The van der Waals surface area contributed by atoms with Crippen LogP contribution in [-0.4, -0.2) is 41.1 Å². The average molecular weight is 329 g/mol. The Balaban J connectivity index is 1.68. The highest BCUT2D eigenvalue weighted by Gasteiger charge is 2.29. The third kappa shape index (κ3) is 3.58.